The first-order valence-electron chi connectivity index (χ1n) is 8.04. The molecule has 0 radical (unpaired) electrons. The number of amides is 1. The maximum absolute atomic E-state index is 13.2. The van der Waals surface area contributed by atoms with Crippen molar-refractivity contribution in [3.63, 3.8) is 0 Å². The summed E-state index contributed by atoms with van der Waals surface area (Å²) in [6.07, 6.45) is -3.17. The molecule has 1 heterocycles. The summed E-state index contributed by atoms with van der Waals surface area (Å²) in [5.41, 5.74) is -0.714. The van der Waals surface area contributed by atoms with E-state index in [1.54, 1.807) is 6.92 Å². The molecule has 1 saturated carbocycles. The van der Waals surface area contributed by atoms with Crippen LogP contribution in [0.4, 0.5) is 13.2 Å². The Morgan fingerprint density at radius 1 is 1.46 bits per heavy atom. The quantitative estimate of drug-likeness (QED) is 0.487. The smallest absolute Gasteiger partial charge is 0.436 e. The number of hydrogen-bond acceptors (Lipinski definition) is 5. The van der Waals surface area contributed by atoms with E-state index in [2.05, 4.69) is 39.0 Å². The van der Waals surface area contributed by atoms with Crippen LogP contribution in [0.3, 0.4) is 0 Å². The molecule has 1 unspecified atom stereocenters. The second-order valence-electron chi connectivity index (χ2n) is 5.94. The van der Waals surface area contributed by atoms with Crippen molar-refractivity contribution in [3.05, 3.63) is 15.9 Å². The number of ether oxygens (including phenoxy) is 1. The summed E-state index contributed by atoms with van der Waals surface area (Å²) < 4.78 is 45.3. The second-order valence-corrected chi connectivity index (χ2v) is 7.09. The molecule has 26 heavy (non-hydrogen) atoms. The topological polar surface area (TPSA) is 73.2 Å². The lowest BCUT2D eigenvalue weighted by Gasteiger charge is -2.20. The van der Waals surface area contributed by atoms with Crippen LogP contribution in [-0.2, 0) is 20.5 Å². The Hall–Kier alpha value is -1.23. The maximum atomic E-state index is 13.2. The van der Waals surface area contributed by atoms with Gasteiger partial charge < -0.3 is 10.1 Å². The number of rotatable bonds is 7. The zero-order valence-corrected chi connectivity index (χ0v) is 16.6. The van der Waals surface area contributed by atoms with Crippen molar-refractivity contribution in [2.45, 2.75) is 50.9 Å². The fourth-order valence-corrected chi connectivity index (χ4v) is 3.50. The molecule has 1 aliphatic rings. The van der Waals surface area contributed by atoms with E-state index in [1.807, 2.05) is 0 Å². The Bertz CT molecular complexity index is 692. The van der Waals surface area contributed by atoms with Gasteiger partial charge in [0.15, 0.2) is 5.69 Å². The first kappa shape index (κ1) is 21.1. The van der Waals surface area contributed by atoms with Gasteiger partial charge in [-0.2, -0.15) is 30.9 Å². The van der Waals surface area contributed by atoms with E-state index < -0.39 is 35.8 Å². The van der Waals surface area contributed by atoms with Gasteiger partial charge in [0.05, 0.1) is 16.8 Å². The van der Waals surface area contributed by atoms with Gasteiger partial charge in [0, 0.05) is 11.7 Å². The summed E-state index contributed by atoms with van der Waals surface area (Å²) in [6, 6.07) is -2.02. The molecule has 1 aromatic heterocycles. The van der Waals surface area contributed by atoms with E-state index in [0.29, 0.717) is 5.69 Å². The van der Waals surface area contributed by atoms with Crippen molar-refractivity contribution in [2.24, 2.45) is 0 Å². The van der Waals surface area contributed by atoms with Gasteiger partial charge in [0.2, 0.25) is 5.91 Å². The van der Waals surface area contributed by atoms with E-state index in [9.17, 15) is 22.8 Å². The molecule has 6 nitrogen and oxygen atoms in total. The molecule has 1 amide bonds. The number of nitrogens with one attached hydrogen (secondary N) is 1. The molecule has 2 rings (SSSR count). The molecular weight excluding hydrogens is 439 g/mol. The lowest BCUT2D eigenvalue weighted by atomic mass is 10.2. The van der Waals surface area contributed by atoms with Gasteiger partial charge in [-0.05, 0) is 42.6 Å². The molecule has 2 atom stereocenters. The lowest BCUT2D eigenvalue weighted by Crippen LogP contribution is -2.46. The zero-order valence-electron chi connectivity index (χ0n) is 14.1. The largest absolute Gasteiger partial charge is 0.464 e. The monoisotopic (exact) mass is 457 g/mol. The highest BCUT2D eigenvalue weighted by molar-refractivity contribution is 9.10. The molecule has 0 aliphatic heterocycles. The van der Waals surface area contributed by atoms with Crippen molar-refractivity contribution in [1.82, 2.24) is 15.1 Å². The summed E-state index contributed by atoms with van der Waals surface area (Å²) in [7, 11) is 0. The number of nitrogens with zero attached hydrogens (tertiary/aromatic N) is 2. The van der Waals surface area contributed by atoms with Crippen molar-refractivity contribution >= 4 is 40.4 Å². The molecule has 1 fully saturated rings. The van der Waals surface area contributed by atoms with Gasteiger partial charge >= 0.3 is 12.1 Å². The van der Waals surface area contributed by atoms with Crippen LogP contribution in [-0.4, -0.2) is 40.1 Å². The molecule has 146 valence electrons. The highest BCUT2D eigenvalue weighted by Crippen LogP contribution is 2.47. The SMILES string of the molecule is CCOC(=O)[C@H](CS)NC(=O)C(C)n1nc(C(F)(F)F)c(Br)c1C1CC1. The van der Waals surface area contributed by atoms with E-state index in [-0.39, 0.29) is 22.8 Å². The highest BCUT2D eigenvalue weighted by atomic mass is 79.9. The number of carbonyl (C=O) groups excluding carboxylic acids is 2. The summed E-state index contributed by atoms with van der Waals surface area (Å²) in [6.45, 7) is 3.20. The minimum absolute atomic E-state index is 0.00335. The fourth-order valence-electron chi connectivity index (χ4n) is 2.45. The van der Waals surface area contributed by atoms with E-state index >= 15 is 0 Å². The predicted molar refractivity (Wildman–Crippen MR) is 94.0 cm³/mol. The lowest BCUT2D eigenvalue weighted by molar-refractivity contribution is -0.147. The average Bonchev–Trinajstić information content (AvgIpc) is 3.33. The van der Waals surface area contributed by atoms with Gasteiger partial charge in [0.1, 0.15) is 12.1 Å². The minimum atomic E-state index is -4.64. The number of aromatic nitrogens is 2. The second kappa shape index (κ2) is 8.20. The van der Waals surface area contributed by atoms with Gasteiger partial charge in [-0.15, -0.1) is 0 Å². The van der Waals surface area contributed by atoms with Gasteiger partial charge in [-0.3, -0.25) is 9.48 Å². The van der Waals surface area contributed by atoms with Crippen LogP contribution in [0.5, 0.6) is 0 Å². The predicted octanol–water partition coefficient (Wildman–Crippen LogP) is 3.08. The van der Waals surface area contributed by atoms with Gasteiger partial charge in [-0.1, -0.05) is 0 Å². The third kappa shape index (κ3) is 4.54. The summed E-state index contributed by atoms with van der Waals surface area (Å²) in [5, 5.41) is 6.08. The molecule has 1 N–H and O–H groups in total. The normalized spacial score (nSPS) is 16.9. The molecule has 1 aromatic rings. The van der Waals surface area contributed by atoms with Crippen LogP contribution in [0, 0.1) is 0 Å². The van der Waals surface area contributed by atoms with Crippen LogP contribution in [0.1, 0.15) is 50.0 Å². The average molecular weight is 458 g/mol. The van der Waals surface area contributed by atoms with Crippen LogP contribution < -0.4 is 5.32 Å². The van der Waals surface area contributed by atoms with Crippen LogP contribution in [0.2, 0.25) is 0 Å². The molecule has 0 spiro atoms. The van der Waals surface area contributed by atoms with E-state index in [4.69, 9.17) is 4.74 Å². The van der Waals surface area contributed by atoms with Gasteiger partial charge in [-0.25, -0.2) is 4.79 Å². The Balaban J connectivity index is 2.27. The van der Waals surface area contributed by atoms with Gasteiger partial charge in [0.25, 0.3) is 0 Å². The third-order valence-corrected chi connectivity index (χ3v) is 5.08. The first-order valence-corrected chi connectivity index (χ1v) is 9.47. The van der Waals surface area contributed by atoms with Crippen molar-refractivity contribution < 1.29 is 27.5 Å². The molecule has 0 bridgehead atoms. The third-order valence-electron chi connectivity index (χ3n) is 3.94. The number of esters is 1. The standard InChI is InChI=1S/C15H19BrF3N3O3S/c1-3-25-14(24)9(6-26)20-13(23)7(2)22-11(8-4-5-8)10(16)12(21-22)15(17,18)19/h7-9,26H,3-6H2,1-2H3,(H,20,23)/t7?,9-/m0/s1. The van der Waals surface area contributed by atoms with Crippen LogP contribution >= 0.6 is 28.6 Å². The summed E-state index contributed by atoms with van der Waals surface area (Å²) in [4.78, 5) is 24.3. The summed E-state index contributed by atoms with van der Waals surface area (Å²) >= 11 is 6.99. The first-order chi connectivity index (χ1) is 12.1. The Labute approximate surface area is 162 Å². The zero-order chi connectivity index (χ0) is 19.6. The van der Waals surface area contributed by atoms with Crippen molar-refractivity contribution in [1.29, 1.82) is 0 Å². The Morgan fingerprint density at radius 2 is 2.08 bits per heavy atom. The molecule has 0 aromatic carbocycles. The van der Waals surface area contributed by atoms with E-state index in [1.165, 1.54) is 6.92 Å². The number of halogens is 4. The van der Waals surface area contributed by atoms with Crippen molar-refractivity contribution in [3.8, 4) is 0 Å². The molecular formula is C15H19BrF3N3O3S. The number of hydrogen-bond donors (Lipinski definition) is 2. The minimum Gasteiger partial charge on any atom is -0.464 e. The van der Waals surface area contributed by atoms with Crippen molar-refractivity contribution in [2.75, 3.05) is 12.4 Å². The van der Waals surface area contributed by atoms with Crippen LogP contribution in [0.15, 0.2) is 4.47 Å². The van der Waals surface area contributed by atoms with Crippen LogP contribution in [0.25, 0.3) is 0 Å². The Morgan fingerprint density at radius 3 is 2.54 bits per heavy atom. The molecule has 11 heteroatoms. The molecule has 1 aliphatic carbocycles. The number of thiol groups is 1. The van der Waals surface area contributed by atoms with E-state index in [0.717, 1.165) is 17.5 Å². The maximum Gasteiger partial charge on any atom is 0.436 e. The fraction of sp³-hybridized carbons (Fsp3) is 0.667. The highest BCUT2D eigenvalue weighted by Gasteiger charge is 2.43. The Kier molecular flexibility index (Phi) is 6.65. The summed E-state index contributed by atoms with van der Waals surface area (Å²) in [5.74, 6) is -1.36. The number of carbonyl (C=O) groups is 2. The number of alkyl halides is 3. The molecule has 0 saturated heterocycles.